The second kappa shape index (κ2) is 3.85. The lowest BCUT2D eigenvalue weighted by molar-refractivity contribution is 0.152. The zero-order valence-corrected chi connectivity index (χ0v) is 7.34. The summed E-state index contributed by atoms with van der Waals surface area (Å²) in [5, 5.41) is 11.4. The zero-order chi connectivity index (χ0) is 8.27. The standard InChI is InChI=1S/C8H13NOS/c1-6(9)8(10)5-7-3-2-4-11-7/h2-4,6,8,10H,5,9H2,1H3. The third-order valence-electron chi connectivity index (χ3n) is 1.60. The van der Waals surface area contributed by atoms with E-state index in [-0.39, 0.29) is 6.04 Å². The molecule has 0 fully saturated rings. The Balaban J connectivity index is 2.43. The van der Waals surface area contributed by atoms with E-state index in [0.29, 0.717) is 6.42 Å². The smallest absolute Gasteiger partial charge is 0.0736 e. The van der Waals surface area contributed by atoms with E-state index in [9.17, 15) is 5.11 Å². The summed E-state index contributed by atoms with van der Waals surface area (Å²) in [4.78, 5) is 1.19. The van der Waals surface area contributed by atoms with Crippen LogP contribution in [0.25, 0.3) is 0 Å². The molecule has 3 heteroatoms. The first-order valence-corrected chi connectivity index (χ1v) is 4.54. The number of aliphatic hydroxyl groups excluding tert-OH is 1. The molecule has 0 saturated heterocycles. The molecule has 0 spiro atoms. The first-order chi connectivity index (χ1) is 5.20. The van der Waals surface area contributed by atoms with Crippen molar-refractivity contribution in [3.8, 4) is 0 Å². The van der Waals surface area contributed by atoms with Crippen LogP contribution >= 0.6 is 11.3 Å². The number of hydrogen-bond donors (Lipinski definition) is 2. The molecular weight excluding hydrogens is 158 g/mol. The molecule has 0 aliphatic heterocycles. The Morgan fingerprint density at radius 2 is 2.45 bits per heavy atom. The van der Waals surface area contributed by atoms with Crippen LogP contribution < -0.4 is 5.73 Å². The quantitative estimate of drug-likeness (QED) is 0.712. The first kappa shape index (κ1) is 8.71. The van der Waals surface area contributed by atoms with Crippen LogP contribution in [0.4, 0.5) is 0 Å². The van der Waals surface area contributed by atoms with Crippen molar-refractivity contribution in [2.24, 2.45) is 5.73 Å². The maximum absolute atomic E-state index is 9.38. The zero-order valence-electron chi connectivity index (χ0n) is 6.53. The number of nitrogens with two attached hydrogens (primary N) is 1. The molecule has 0 bridgehead atoms. The van der Waals surface area contributed by atoms with Crippen LogP contribution in [-0.2, 0) is 6.42 Å². The van der Waals surface area contributed by atoms with Crippen LogP contribution in [0.2, 0.25) is 0 Å². The minimum Gasteiger partial charge on any atom is -0.391 e. The van der Waals surface area contributed by atoms with E-state index in [1.165, 1.54) is 4.88 Å². The molecule has 2 unspecified atom stereocenters. The van der Waals surface area contributed by atoms with E-state index < -0.39 is 6.10 Å². The number of aliphatic hydroxyl groups is 1. The van der Waals surface area contributed by atoms with Gasteiger partial charge in [0.15, 0.2) is 0 Å². The monoisotopic (exact) mass is 171 g/mol. The van der Waals surface area contributed by atoms with Gasteiger partial charge >= 0.3 is 0 Å². The highest BCUT2D eigenvalue weighted by Gasteiger charge is 2.10. The van der Waals surface area contributed by atoms with Crippen LogP contribution in [0.5, 0.6) is 0 Å². The molecular formula is C8H13NOS. The fourth-order valence-corrected chi connectivity index (χ4v) is 1.58. The summed E-state index contributed by atoms with van der Waals surface area (Å²) in [6.45, 7) is 1.82. The van der Waals surface area contributed by atoms with Crippen LogP contribution in [0.3, 0.4) is 0 Å². The van der Waals surface area contributed by atoms with E-state index in [4.69, 9.17) is 5.73 Å². The summed E-state index contributed by atoms with van der Waals surface area (Å²) in [6, 6.07) is 3.85. The molecule has 11 heavy (non-hydrogen) atoms. The summed E-state index contributed by atoms with van der Waals surface area (Å²) in [7, 11) is 0. The van der Waals surface area contributed by atoms with Crippen LogP contribution in [0.1, 0.15) is 11.8 Å². The summed E-state index contributed by atoms with van der Waals surface area (Å²) >= 11 is 1.65. The summed E-state index contributed by atoms with van der Waals surface area (Å²) < 4.78 is 0. The number of hydrogen-bond acceptors (Lipinski definition) is 3. The average Bonchev–Trinajstić information content (AvgIpc) is 2.39. The van der Waals surface area contributed by atoms with Gasteiger partial charge in [-0.1, -0.05) is 6.07 Å². The largest absolute Gasteiger partial charge is 0.391 e. The van der Waals surface area contributed by atoms with E-state index in [0.717, 1.165) is 0 Å². The van der Waals surface area contributed by atoms with Gasteiger partial charge in [0.05, 0.1) is 6.10 Å². The van der Waals surface area contributed by atoms with Gasteiger partial charge in [0.2, 0.25) is 0 Å². The van der Waals surface area contributed by atoms with Crippen molar-refractivity contribution in [3.05, 3.63) is 22.4 Å². The first-order valence-electron chi connectivity index (χ1n) is 3.66. The van der Waals surface area contributed by atoms with Crippen molar-refractivity contribution in [1.82, 2.24) is 0 Å². The molecule has 0 aromatic carbocycles. The number of rotatable bonds is 3. The van der Waals surface area contributed by atoms with Crippen molar-refractivity contribution in [2.45, 2.75) is 25.5 Å². The van der Waals surface area contributed by atoms with E-state index in [1.807, 2.05) is 24.4 Å². The molecule has 3 N–H and O–H groups in total. The highest BCUT2D eigenvalue weighted by atomic mass is 32.1. The van der Waals surface area contributed by atoms with Crippen molar-refractivity contribution in [1.29, 1.82) is 0 Å². The molecule has 0 saturated carbocycles. The van der Waals surface area contributed by atoms with Crippen molar-refractivity contribution in [3.63, 3.8) is 0 Å². The van der Waals surface area contributed by atoms with Crippen LogP contribution in [0, 0.1) is 0 Å². The molecule has 0 aliphatic rings. The van der Waals surface area contributed by atoms with Gasteiger partial charge in [-0.15, -0.1) is 11.3 Å². The van der Waals surface area contributed by atoms with Crippen molar-refractivity contribution in [2.75, 3.05) is 0 Å². The maximum Gasteiger partial charge on any atom is 0.0736 e. The fourth-order valence-electron chi connectivity index (χ4n) is 0.821. The Morgan fingerprint density at radius 1 is 1.73 bits per heavy atom. The molecule has 1 heterocycles. The second-order valence-corrected chi connectivity index (χ2v) is 3.74. The Kier molecular flexibility index (Phi) is 3.05. The van der Waals surface area contributed by atoms with Crippen molar-refractivity contribution >= 4 is 11.3 Å². The van der Waals surface area contributed by atoms with Crippen molar-refractivity contribution < 1.29 is 5.11 Å². The van der Waals surface area contributed by atoms with E-state index >= 15 is 0 Å². The lowest BCUT2D eigenvalue weighted by Crippen LogP contribution is -2.32. The average molecular weight is 171 g/mol. The Labute approximate surface area is 70.7 Å². The van der Waals surface area contributed by atoms with Crippen LogP contribution in [-0.4, -0.2) is 17.3 Å². The minimum absolute atomic E-state index is 0.142. The van der Waals surface area contributed by atoms with E-state index in [2.05, 4.69) is 0 Å². The van der Waals surface area contributed by atoms with Gasteiger partial charge in [0.25, 0.3) is 0 Å². The minimum atomic E-state index is -0.409. The predicted molar refractivity (Wildman–Crippen MR) is 47.7 cm³/mol. The van der Waals surface area contributed by atoms with Gasteiger partial charge in [0.1, 0.15) is 0 Å². The third-order valence-corrected chi connectivity index (χ3v) is 2.50. The molecule has 2 nitrogen and oxygen atoms in total. The summed E-state index contributed by atoms with van der Waals surface area (Å²) in [5.41, 5.74) is 5.51. The molecule has 62 valence electrons. The Morgan fingerprint density at radius 3 is 2.91 bits per heavy atom. The highest BCUT2D eigenvalue weighted by Crippen LogP contribution is 2.11. The topological polar surface area (TPSA) is 46.2 Å². The molecule has 1 rings (SSSR count). The Hall–Kier alpha value is -0.380. The third kappa shape index (κ3) is 2.61. The normalized spacial score (nSPS) is 16.3. The molecule has 0 aliphatic carbocycles. The highest BCUT2D eigenvalue weighted by molar-refractivity contribution is 7.09. The maximum atomic E-state index is 9.38. The fraction of sp³-hybridized carbons (Fsp3) is 0.500. The Bertz CT molecular complexity index is 196. The SMILES string of the molecule is CC(N)C(O)Cc1cccs1. The number of thiophene rings is 1. The summed E-state index contributed by atoms with van der Waals surface area (Å²) in [5.74, 6) is 0. The van der Waals surface area contributed by atoms with Gasteiger partial charge in [0, 0.05) is 17.3 Å². The molecule has 1 aromatic rings. The van der Waals surface area contributed by atoms with Gasteiger partial charge in [-0.2, -0.15) is 0 Å². The van der Waals surface area contributed by atoms with Crippen LogP contribution in [0.15, 0.2) is 17.5 Å². The molecule has 2 atom stereocenters. The second-order valence-electron chi connectivity index (χ2n) is 2.71. The van der Waals surface area contributed by atoms with Gasteiger partial charge in [-0.05, 0) is 18.4 Å². The van der Waals surface area contributed by atoms with Gasteiger partial charge in [-0.3, -0.25) is 0 Å². The van der Waals surface area contributed by atoms with Gasteiger partial charge in [-0.25, -0.2) is 0 Å². The molecule has 0 radical (unpaired) electrons. The van der Waals surface area contributed by atoms with Gasteiger partial charge < -0.3 is 10.8 Å². The summed E-state index contributed by atoms with van der Waals surface area (Å²) in [6.07, 6.45) is 0.267. The molecule has 0 amide bonds. The lowest BCUT2D eigenvalue weighted by Gasteiger charge is -2.12. The lowest BCUT2D eigenvalue weighted by atomic mass is 10.1. The predicted octanol–water partition coefficient (Wildman–Crippen LogP) is 0.999. The van der Waals surface area contributed by atoms with E-state index in [1.54, 1.807) is 11.3 Å². The molecule has 1 aromatic heterocycles.